The minimum absolute atomic E-state index is 0.0817. The summed E-state index contributed by atoms with van der Waals surface area (Å²) in [5, 5.41) is 0.177. The average molecular weight is 506 g/mol. The third-order valence-electron chi connectivity index (χ3n) is 7.11. The predicted molar refractivity (Wildman–Crippen MR) is 141 cm³/mol. The quantitative estimate of drug-likeness (QED) is 0.241. The van der Waals surface area contributed by atoms with Crippen LogP contribution in [-0.2, 0) is 9.53 Å². The topological polar surface area (TPSA) is 81.2 Å². The summed E-state index contributed by atoms with van der Waals surface area (Å²) in [7, 11) is 0. The second-order valence-electron chi connectivity index (χ2n) is 9.45. The van der Waals surface area contributed by atoms with Gasteiger partial charge in [0.05, 0.1) is 30.8 Å². The number of aromatic nitrogens is 1. The molecule has 2 fully saturated rings. The standard InChI is InChI=1S/C28H32FN5O3/c1-20-7-8-23(29)24-22(19-31-25(20)24)26(35)28(36)34-13-11-33(12-14-34)27(21-5-3-2-4-6-21)30-9-10-32-15-17-37-18-16-32/h2-8,19,31H,9-18H2,1H3. The van der Waals surface area contributed by atoms with Crippen LogP contribution in [0.2, 0.25) is 0 Å². The number of morpholine rings is 1. The van der Waals surface area contributed by atoms with E-state index >= 15 is 0 Å². The van der Waals surface area contributed by atoms with Crippen LogP contribution in [0, 0.1) is 12.7 Å². The highest BCUT2D eigenvalue weighted by Crippen LogP contribution is 2.25. The summed E-state index contributed by atoms with van der Waals surface area (Å²) >= 11 is 0. The summed E-state index contributed by atoms with van der Waals surface area (Å²) in [6.45, 7) is 8.64. The molecule has 2 aliphatic heterocycles. The molecule has 1 N–H and O–H groups in total. The largest absolute Gasteiger partial charge is 0.379 e. The molecule has 8 nitrogen and oxygen atoms in total. The number of ketones is 1. The number of carbonyl (C=O) groups is 2. The lowest BCUT2D eigenvalue weighted by atomic mass is 10.1. The highest BCUT2D eigenvalue weighted by molar-refractivity contribution is 6.45. The summed E-state index contributed by atoms with van der Waals surface area (Å²) in [6, 6.07) is 13.0. The van der Waals surface area contributed by atoms with Crippen LogP contribution in [-0.4, -0.2) is 103 Å². The fraction of sp³-hybridized carbons (Fsp3) is 0.393. The molecule has 0 unspecified atom stereocenters. The molecule has 0 saturated carbocycles. The number of nitrogens with one attached hydrogen (secondary N) is 1. The van der Waals surface area contributed by atoms with Gasteiger partial charge in [-0.2, -0.15) is 0 Å². The smallest absolute Gasteiger partial charge is 0.295 e. The lowest BCUT2D eigenvalue weighted by Gasteiger charge is -2.36. The number of rotatable bonds is 6. The number of amides is 1. The number of piperazine rings is 1. The third-order valence-corrected chi connectivity index (χ3v) is 7.11. The molecule has 5 rings (SSSR count). The van der Waals surface area contributed by atoms with E-state index in [1.165, 1.54) is 12.3 Å². The summed E-state index contributed by atoms with van der Waals surface area (Å²) in [5.74, 6) is -0.899. The van der Waals surface area contributed by atoms with Gasteiger partial charge in [0.15, 0.2) is 0 Å². The second-order valence-corrected chi connectivity index (χ2v) is 9.45. The van der Waals surface area contributed by atoms with E-state index in [1.807, 2.05) is 37.3 Å². The zero-order valence-corrected chi connectivity index (χ0v) is 21.1. The maximum absolute atomic E-state index is 14.5. The van der Waals surface area contributed by atoms with Crippen LogP contribution in [0.15, 0.2) is 53.7 Å². The first-order chi connectivity index (χ1) is 18.0. The summed E-state index contributed by atoms with van der Waals surface area (Å²) in [6.07, 6.45) is 1.44. The Morgan fingerprint density at radius 1 is 0.973 bits per heavy atom. The second kappa shape index (κ2) is 11.2. The Morgan fingerprint density at radius 2 is 1.68 bits per heavy atom. The third kappa shape index (κ3) is 5.42. The maximum atomic E-state index is 14.5. The number of carbonyl (C=O) groups excluding carboxylic acids is 2. The van der Waals surface area contributed by atoms with E-state index in [4.69, 9.17) is 9.73 Å². The van der Waals surface area contributed by atoms with Crippen molar-refractivity contribution < 1.29 is 18.7 Å². The fourth-order valence-electron chi connectivity index (χ4n) is 4.99. The van der Waals surface area contributed by atoms with Crippen LogP contribution in [0.4, 0.5) is 4.39 Å². The van der Waals surface area contributed by atoms with Crippen LogP contribution < -0.4 is 0 Å². The van der Waals surface area contributed by atoms with E-state index < -0.39 is 17.5 Å². The Bertz CT molecular complexity index is 1290. The highest BCUT2D eigenvalue weighted by Gasteiger charge is 2.30. The van der Waals surface area contributed by atoms with Gasteiger partial charge in [-0.3, -0.25) is 19.5 Å². The molecule has 3 heterocycles. The van der Waals surface area contributed by atoms with Crippen LogP contribution in [0.1, 0.15) is 21.5 Å². The Kier molecular flexibility index (Phi) is 7.62. The van der Waals surface area contributed by atoms with Crippen LogP contribution >= 0.6 is 0 Å². The van der Waals surface area contributed by atoms with E-state index in [0.717, 1.165) is 49.8 Å². The van der Waals surface area contributed by atoms with E-state index in [1.54, 1.807) is 11.0 Å². The zero-order valence-electron chi connectivity index (χ0n) is 21.1. The number of amidine groups is 1. The van der Waals surface area contributed by atoms with Gasteiger partial charge < -0.3 is 19.5 Å². The van der Waals surface area contributed by atoms with Crippen molar-refractivity contribution in [1.82, 2.24) is 19.7 Å². The van der Waals surface area contributed by atoms with Gasteiger partial charge in [-0.05, 0) is 18.6 Å². The molecule has 194 valence electrons. The van der Waals surface area contributed by atoms with Crippen molar-refractivity contribution in [3.05, 3.63) is 71.2 Å². The number of hydrogen-bond donors (Lipinski definition) is 1. The van der Waals surface area contributed by atoms with Gasteiger partial charge in [-0.25, -0.2) is 4.39 Å². The molecule has 2 saturated heterocycles. The minimum Gasteiger partial charge on any atom is -0.379 e. The number of H-pyrrole nitrogens is 1. The van der Waals surface area contributed by atoms with E-state index in [2.05, 4.69) is 14.8 Å². The van der Waals surface area contributed by atoms with Gasteiger partial charge in [-0.15, -0.1) is 0 Å². The van der Waals surface area contributed by atoms with E-state index in [0.29, 0.717) is 38.2 Å². The molecule has 2 aromatic carbocycles. The predicted octanol–water partition coefficient (Wildman–Crippen LogP) is 2.72. The number of ether oxygens (including phenoxy) is 1. The molecular weight excluding hydrogens is 473 g/mol. The number of aryl methyl sites for hydroxylation is 1. The van der Waals surface area contributed by atoms with Gasteiger partial charge in [0, 0.05) is 63.0 Å². The first kappa shape index (κ1) is 25.1. The fourth-order valence-corrected chi connectivity index (χ4v) is 4.99. The molecule has 0 atom stereocenters. The molecular formula is C28H32FN5O3. The number of aromatic amines is 1. The number of fused-ring (bicyclic) bond motifs is 1. The van der Waals surface area contributed by atoms with Crippen molar-refractivity contribution >= 4 is 28.4 Å². The van der Waals surface area contributed by atoms with Crippen molar-refractivity contribution in [2.75, 3.05) is 65.6 Å². The molecule has 37 heavy (non-hydrogen) atoms. The zero-order chi connectivity index (χ0) is 25.8. The van der Waals surface area contributed by atoms with Crippen LogP contribution in [0.5, 0.6) is 0 Å². The Morgan fingerprint density at radius 3 is 2.41 bits per heavy atom. The van der Waals surface area contributed by atoms with E-state index in [9.17, 15) is 14.0 Å². The number of benzene rings is 2. The molecule has 0 bridgehead atoms. The van der Waals surface area contributed by atoms with Gasteiger partial charge in [0.25, 0.3) is 11.7 Å². The van der Waals surface area contributed by atoms with Crippen molar-refractivity contribution in [1.29, 1.82) is 0 Å². The summed E-state index contributed by atoms with van der Waals surface area (Å²) in [4.78, 5) is 40.2. The van der Waals surface area contributed by atoms with Crippen molar-refractivity contribution in [3.63, 3.8) is 0 Å². The van der Waals surface area contributed by atoms with Crippen LogP contribution in [0.3, 0.4) is 0 Å². The minimum atomic E-state index is -0.688. The lowest BCUT2D eigenvalue weighted by Crippen LogP contribution is -2.52. The first-order valence-electron chi connectivity index (χ1n) is 12.8. The molecule has 3 aromatic rings. The Labute approximate surface area is 215 Å². The van der Waals surface area contributed by atoms with Gasteiger partial charge in [0.2, 0.25) is 0 Å². The maximum Gasteiger partial charge on any atom is 0.295 e. The Hall–Kier alpha value is -3.56. The number of Topliss-reactive ketones (excluding diaryl/α,β-unsaturated/α-hetero) is 1. The number of nitrogens with zero attached hydrogens (tertiary/aromatic N) is 4. The normalized spacial score (nSPS) is 17.4. The Balaban J connectivity index is 1.26. The lowest BCUT2D eigenvalue weighted by molar-refractivity contribution is -0.127. The molecule has 0 radical (unpaired) electrons. The monoisotopic (exact) mass is 505 g/mol. The van der Waals surface area contributed by atoms with Crippen molar-refractivity contribution in [2.24, 2.45) is 4.99 Å². The molecule has 2 aliphatic rings. The summed E-state index contributed by atoms with van der Waals surface area (Å²) in [5.41, 5.74) is 2.47. The summed E-state index contributed by atoms with van der Waals surface area (Å²) < 4.78 is 20.0. The number of hydrogen-bond acceptors (Lipinski definition) is 5. The molecule has 1 amide bonds. The average Bonchev–Trinajstić information content (AvgIpc) is 3.40. The molecule has 1 aromatic heterocycles. The molecule has 9 heteroatoms. The highest BCUT2D eigenvalue weighted by atomic mass is 19.1. The van der Waals surface area contributed by atoms with Gasteiger partial charge in [-0.1, -0.05) is 36.4 Å². The SMILES string of the molecule is Cc1ccc(F)c2c(C(=O)C(=O)N3CCN(C(=NCCN4CCOCC4)c4ccccc4)CC3)c[nH]c12. The van der Waals surface area contributed by atoms with Gasteiger partial charge in [0.1, 0.15) is 11.7 Å². The molecule has 0 spiro atoms. The van der Waals surface area contributed by atoms with Crippen molar-refractivity contribution in [2.45, 2.75) is 6.92 Å². The number of aliphatic imine (C=N–C) groups is 1. The van der Waals surface area contributed by atoms with Gasteiger partial charge >= 0.3 is 0 Å². The molecule has 0 aliphatic carbocycles. The van der Waals surface area contributed by atoms with Crippen molar-refractivity contribution in [3.8, 4) is 0 Å². The van der Waals surface area contributed by atoms with Crippen LogP contribution in [0.25, 0.3) is 10.9 Å². The van der Waals surface area contributed by atoms with E-state index in [-0.39, 0.29) is 10.9 Å². The number of halogens is 1. The first-order valence-corrected chi connectivity index (χ1v) is 12.8.